The van der Waals surface area contributed by atoms with Gasteiger partial charge in [0.05, 0.1) is 12.8 Å². The fraction of sp³-hybridized carbons (Fsp3) is 0.107. The Labute approximate surface area is 207 Å². The number of methoxy groups -OCH3 is 1. The van der Waals surface area contributed by atoms with Crippen LogP contribution < -0.4 is 15.0 Å². The van der Waals surface area contributed by atoms with Gasteiger partial charge in [-0.05, 0) is 58.9 Å². The maximum atomic E-state index is 14.4. The van der Waals surface area contributed by atoms with Crippen LogP contribution in [0.1, 0.15) is 11.1 Å². The molecular formula is C28H20N2O4S. The molecule has 4 aromatic rings. The molecule has 6 rings (SSSR count). The molecule has 2 aliphatic heterocycles. The second-order valence-electron chi connectivity index (χ2n) is 8.52. The van der Waals surface area contributed by atoms with Crippen molar-refractivity contribution < 1.29 is 19.1 Å². The Morgan fingerprint density at radius 2 is 1.49 bits per heavy atom. The summed E-state index contributed by atoms with van der Waals surface area (Å²) in [6.45, 7) is 0. The number of carbonyl (C=O) groups excluding carboxylic acids is 2. The summed E-state index contributed by atoms with van der Waals surface area (Å²) in [6.07, 6.45) is 0. The number of benzene rings is 4. The Kier molecular flexibility index (Phi) is 4.66. The number of anilines is 1. The number of hydrogen-bond acceptors (Lipinski definition) is 5. The van der Waals surface area contributed by atoms with Crippen LogP contribution in [0, 0.1) is 0 Å². The average Bonchev–Trinajstić information content (AvgIpc) is 3.32. The molecule has 0 unspecified atom stereocenters. The molecule has 7 heteroatoms. The summed E-state index contributed by atoms with van der Waals surface area (Å²) < 4.78 is 11.5. The van der Waals surface area contributed by atoms with E-state index in [0.29, 0.717) is 22.6 Å². The van der Waals surface area contributed by atoms with Crippen LogP contribution in [0.4, 0.5) is 5.69 Å². The van der Waals surface area contributed by atoms with E-state index in [0.717, 1.165) is 10.8 Å². The summed E-state index contributed by atoms with van der Waals surface area (Å²) in [7, 11) is 1.56. The lowest BCUT2D eigenvalue weighted by molar-refractivity contribution is -0.135. The number of nitrogens with one attached hydrogen (secondary N) is 1. The van der Waals surface area contributed by atoms with Crippen LogP contribution in [0.3, 0.4) is 0 Å². The van der Waals surface area contributed by atoms with E-state index in [1.165, 1.54) is 4.90 Å². The second kappa shape index (κ2) is 7.65. The number of rotatable bonds is 4. The first kappa shape index (κ1) is 21.3. The SMILES string of the molecule is COc1ccc(N2C(=O)[C@]3(c4ccccc4)NC(=S)O[C@]3(c3ccc4ccccc4c3)C2=O)cc1. The van der Waals surface area contributed by atoms with Crippen molar-refractivity contribution in [1.82, 2.24) is 5.32 Å². The second-order valence-corrected chi connectivity index (χ2v) is 8.89. The van der Waals surface area contributed by atoms with Gasteiger partial charge in [-0.2, -0.15) is 0 Å². The topological polar surface area (TPSA) is 67.9 Å². The molecule has 172 valence electrons. The van der Waals surface area contributed by atoms with Crippen LogP contribution in [-0.2, 0) is 25.5 Å². The highest BCUT2D eigenvalue weighted by molar-refractivity contribution is 7.80. The van der Waals surface area contributed by atoms with Crippen molar-refractivity contribution in [3.63, 3.8) is 0 Å². The molecule has 2 heterocycles. The van der Waals surface area contributed by atoms with Gasteiger partial charge in [0.1, 0.15) is 5.75 Å². The van der Waals surface area contributed by atoms with E-state index in [2.05, 4.69) is 5.32 Å². The maximum Gasteiger partial charge on any atom is 0.286 e. The van der Waals surface area contributed by atoms with Crippen molar-refractivity contribution >= 4 is 45.7 Å². The zero-order valence-electron chi connectivity index (χ0n) is 18.7. The van der Waals surface area contributed by atoms with Crippen LogP contribution >= 0.6 is 12.2 Å². The third-order valence-corrected chi connectivity index (χ3v) is 6.97. The molecule has 0 bridgehead atoms. The summed E-state index contributed by atoms with van der Waals surface area (Å²) in [6, 6.07) is 29.4. The summed E-state index contributed by atoms with van der Waals surface area (Å²) >= 11 is 5.43. The van der Waals surface area contributed by atoms with E-state index in [-0.39, 0.29) is 5.17 Å². The minimum absolute atomic E-state index is 0.00177. The van der Waals surface area contributed by atoms with Crippen LogP contribution in [-0.4, -0.2) is 24.1 Å². The van der Waals surface area contributed by atoms with E-state index in [9.17, 15) is 9.59 Å². The van der Waals surface area contributed by atoms with Crippen LogP contribution in [0.25, 0.3) is 10.8 Å². The van der Waals surface area contributed by atoms with Gasteiger partial charge in [0.15, 0.2) is 5.54 Å². The van der Waals surface area contributed by atoms with Gasteiger partial charge in [-0.1, -0.05) is 66.7 Å². The quantitative estimate of drug-likeness (QED) is 0.345. The molecule has 6 nitrogen and oxygen atoms in total. The molecule has 0 saturated carbocycles. The minimum Gasteiger partial charge on any atom is -0.497 e. The Bertz CT molecular complexity index is 1500. The highest BCUT2D eigenvalue weighted by Crippen LogP contribution is 2.55. The first-order valence-corrected chi connectivity index (χ1v) is 11.5. The normalized spacial score (nSPS) is 23.2. The molecule has 2 fully saturated rings. The van der Waals surface area contributed by atoms with Crippen LogP contribution in [0.2, 0.25) is 0 Å². The zero-order valence-corrected chi connectivity index (χ0v) is 19.5. The number of nitrogens with zero attached hydrogens (tertiary/aromatic N) is 1. The van der Waals surface area contributed by atoms with Gasteiger partial charge in [-0.25, -0.2) is 4.90 Å². The molecule has 4 aromatic carbocycles. The Morgan fingerprint density at radius 1 is 0.800 bits per heavy atom. The van der Waals surface area contributed by atoms with Gasteiger partial charge in [0.25, 0.3) is 22.6 Å². The average molecular weight is 481 g/mol. The third kappa shape index (κ3) is 2.79. The number of amides is 2. The molecule has 2 amide bonds. The lowest BCUT2D eigenvalue weighted by Gasteiger charge is -2.33. The Balaban J connectivity index is 1.64. The Morgan fingerprint density at radius 3 is 2.20 bits per heavy atom. The standard InChI is InChI=1S/C28H20N2O4S/c1-33-23-15-13-22(14-16-23)30-24(31)27(20-9-3-2-4-10-20)28(25(30)32,34-26(35)29-27)21-12-11-18-7-5-6-8-19(18)17-21/h2-17H,1H3,(H,29,35)/t27-,28+/m0/s1. The molecule has 2 saturated heterocycles. The van der Waals surface area contributed by atoms with Crippen molar-refractivity contribution in [1.29, 1.82) is 0 Å². The number of fused-ring (bicyclic) bond motifs is 2. The third-order valence-electron chi connectivity index (χ3n) is 6.79. The highest BCUT2D eigenvalue weighted by atomic mass is 32.1. The van der Waals surface area contributed by atoms with E-state index < -0.39 is 23.0 Å². The van der Waals surface area contributed by atoms with Gasteiger partial charge in [-0.3, -0.25) is 9.59 Å². The lowest BCUT2D eigenvalue weighted by Crippen LogP contribution is -2.55. The minimum atomic E-state index is -1.73. The fourth-order valence-corrected chi connectivity index (χ4v) is 5.45. The van der Waals surface area contributed by atoms with Crippen LogP contribution in [0.15, 0.2) is 97.1 Å². The lowest BCUT2D eigenvalue weighted by atomic mass is 9.72. The fourth-order valence-electron chi connectivity index (χ4n) is 5.17. The van der Waals surface area contributed by atoms with Crippen LogP contribution in [0.5, 0.6) is 5.75 Å². The summed E-state index contributed by atoms with van der Waals surface area (Å²) in [5.41, 5.74) is -1.76. The molecule has 1 N–H and O–H groups in total. The first-order valence-electron chi connectivity index (χ1n) is 11.1. The zero-order chi connectivity index (χ0) is 24.2. The van der Waals surface area contributed by atoms with Crippen molar-refractivity contribution in [2.45, 2.75) is 11.1 Å². The van der Waals surface area contributed by atoms with E-state index in [1.807, 2.05) is 72.8 Å². The van der Waals surface area contributed by atoms with Gasteiger partial charge in [0.2, 0.25) is 0 Å². The van der Waals surface area contributed by atoms with Crippen molar-refractivity contribution in [2.24, 2.45) is 0 Å². The van der Waals surface area contributed by atoms with E-state index >= 15 is 0 Å². The summed E-state index contributed by atoms with van der Waals surface area (Å²) in [5.74, 6) is -0.364. The predicted molar refractivity (Wildman–Crippen MR) is 136 cm³/mol. The number of hydrogen-bond donors (Lipinski definition) is 1. The van der Waals surface area contributed by atoms with E-state index in [1.54, 1.807) is 31.4 Å². The molecule has 2 atom stereocenters. The molecule has 0 aromatic heterocycles. The molecule has 0 spiro atoms. The molecule has 0 aliphatic carbocycles. The monoisotopic (exact) mass is 480 g/mol. The molecule has 0 radical (unpaired) electrons. The van der Waals surface area contributed by atoms with Gasteiger partial charge in [-0.15, -0.1) is 0 Å². The summed E-state index contributed by atoms with van der Waals surface area (Å²) in [4.78, 5) is 29.9. The van der Waals surface area contributed by atoms with Crippen molar-refractivity contribution in [2.75, 3.05) is 12.0 Å². The van der Waals surface area contributed by atoms with Gasteiger partial charge in [0, 0.05) is 5.56 Å². The van der Waals surface area contributed by atoms with Crippen molar-refractivity contribution in [3.8, 4) is 5.75 Å². The Hall–Kier alpha value is -4.23. The van der Waals surface area contributed by atoms with Gasteiger partial charge >= 0.3 is 0 Å². The molecule has 2 aliphatic rings. The molecular weight excluding hydrogens is 460 g/mol. The smallest absolute Gasteiger partial charge is 0.286 e. The number of thiocarbonyl (C=S) groups is 1. The van der Waals surface area contributed by atoms with E-state index in [4.69, 9.17) is 21.7 Å². The molecule has 35 heavy (non-hydrogen) atoms. The number of carbonyl (C=O) groups is 2. The predicted octanol–water partition coefficient (Wildman–Crippen LogP) is 4.42. The van der Waals surface area contributed by atoms with Gasteiger partial charge < -0.3 is 14.8 Å². The number of imide groups is 1. The largest absolute Gasteiger partial charge is 0.497 e. The summed E-state index contributed by atoms with van der Waals surface area (Å²) in [5, 5.41) is 5.04. The van der Waals surface area contributed by atoms with Crippen molar-refractivity contribution in [3.05, 3.63) is 108 Å². The number of ether oxygens (including phenoxy) is 2. The maximum absolute atomic E-state index is 14.4. The highest BCUT2D eigenvalue weighted by Gasteiger charge is 2.77. The first-order chi connectivity index (χ1) is 17.0.